The largest absolute Gasteiger partial charge is 0.421 e. The Hall–Kier alpha value is -1.80. The van der Waals surface area contributed by atoms with Crippen molar-refractivity contribution in [3.05, 3.63) is 35.0 Å². The number of nitrogens with zero attached hydrogens (tertiary/aromatic N) is 4. The third-order valence-electron chi connectivity index (χ3n) is 8.37. The predicted octanol–water partition coefficient (Wildman–Crippen LogP) is 5.54. The van der Waals surface area contributed by atoms with Gasteiger partial charge in [-0.2, -0.15) is 18.2 Å². The summed E-state index contributed by atoms with van der Waals surface area (Å²) in [4.78, 5) is 9.51. The zero-order valence-electron chi connectivity index (χ0n) is 22.3. The number of alkyl halides is 3. The molecule has 3 aliphatic rings. The van der Waals surface area contributed by atoms with Crippen LogP contribution < -0.4 is 10.2 Å². The first-order valence-electron chi connectivity index (χ1n) is 13.2. The molecule has 14 heteroatoms. The number of nitrogens with one attached hydrogen (secondary N) is 1. The van der Waals surface area contributed by atoms with Crippen LogP contribution in [0.1, 0.15) is 51.0 Å². The number of aliphatic hydroxyl groups is 1. The average molecular weight is 620 g/mol. The SMILES string of the molecule is CSN1CCC2(CC1)CC(S(=O)(=O)c1ccc(Nc3ncc(C(F)(F)F)c(N4CCC[C@](C)(O)C4)n3)c(Cl)c1)C2. The van der Waals surface area contributed by atoms with Crippen molar-refractivity contribution < 1.29 is 26.7 Å². The van der Waals surface area contributed by atoms with Crippen molar-refractivity contribution in [1.82, 2.24) is 14.3 Å². The minimum absolute atomic E-state index is 0.00186. The van der Waals surface area contributed by atoms with E-state index < -0.39 is 32.4 Å². The lowest BCUT2D eigenvalue weighted by Gasteiger charge is -2.51. The monoisotopic (exact) mass is 619 g/mol. The topological polar surface area (TPSA) is 98.7 Å². The fourth-order valence-electron chi connectivity index (χ4n) is 6.04. The normalized spacial score (nSPS) is 24.2. The van der Waals surface area contributed by atoms with Gasteiger partial charge in [-0.1, -0.05) is 23.5 Å². The number of β-amino-alcohol motifs (C(OH)–C–C–N with tert-alkyl or cyclic N) is 1. The van der Waals surface area contributed by atoms with Gasteiger partial charge in [0.25, 0.3) is 0 Å². The quantitative estimate of drug-likeness (QED) is 0.404. The number of piperidine rings is 2. The second-order valence-electron chi connectivity index (χ2n) is 11.4. The molecule has 1 atom stereocenters. The summed E-state index contributed by atoms with van der Waals surface area (Å²) in [5, 5.41) is 12.9. The van der Waals surface area contributed by atoms with Gasteiger partial charge in [0, 0.05) is 32.4 Å². The van der Waals surface area contributed by atoms with E-state index in [1.165, 1.54) is 23.1 Å². The van der Waals surface area contributed by atoms with Crippen molar-refractivity contribution in [3.8, 4) is 0 Å². The van der Waals surface area contributed by atoms with Gasteiger partial charge in [-0.15, -0.1) is 0 Å². The van der Waals surface area contributed by atoms with Gasteiger partial charge < -0.3 is 15.3 Å². The molecule has 3 fully saturated rings. The molecule has 8 nitrogen and oxygen atoms in total. The Morgan fingerprint density at radius 1 is 1.18 bits per heavy atom. The molecule has 5 rings (SSSR count). The summed E-state index contributed by atoms with van der Waals surface area (Å²) in [6, 6.07) is 4.30. The average Bonchev–Trinajstić information content (AvgIpc) is 2.87. The molecule has 220 valence electrons. The van der Waals surface area contributed by atoms with Crippen LogP contribution in [0.4, 0.5) is 30.6 Å². The second-order valence-corrected chi connectivity index (χ2v) is 14.9. The minimum Gasteiger partial charge on any atom is -0.388 e. The van der Waals surface area contributed by atoms with Crippen LogP contribution >= 0.6 is 23.5 Å². The van der Waals surface area contributed by atoms with Crippen molar-refractivity contribution in [3.63, 3.8) is 0 Å². The van der Waals surface area contributed by atoms with E-state index in [0.717, 1.165) is 25.9 Å². The number of benzene rings is 1. The van der Waals surface area contributed by atoms with Gasteiger partial charge in [0.05, 0.1) is 26.5 Å². The molecule has 2 N–H and O–H groups in total. The third kappa shape index (κ3) is 6.04. The molecule has 1 aromatic heterocycles. The molecule has 1 aliphatic carbocycles. The predicted molar refractivity (Wildman–Crippen MR) is 151 cm³/mol. The molecule has 40 heavy (non-hydrogen) atoms. The summed E-state index contributed by atoms with van der Waals surface area (Å²) >= 11 is 8.16. The Labute approximate surface area is 241 Å². The number of hydrogen-bond acceptors (Lipinski definition) is 9. The van der Waals surface area contributed by atoms with E-state index in [2.05, 4.69) is 25.8 Å². The van der Waals surface area contributed by atoms with Gasteiger partial charge in [-0.25, -0.2) is 13.4 Å². The highest BCUT2D eigenvalue weighted by Crippen LogP contribution is 2.53. The molecule has 0 radical (unpaired) electrons. The zero-order valence-corrected chi connectivity index (χ0v) is 24.7. The smallest absolute Gasteiger partial charge is 0.388 e. The molecule has 1 saturated carbocycles. The molecule has 0 bridgehead atoms. The number of anilines is 3. The fourth-order valence-corrected chi connectivity index (χ4v) is 8.95. The summed E-state index contributed by atoms with van der Waals surface area (Å²) < 4.78 is 70.2. The van der Waals surface area contributed by atoms with Gasteiger partial charge in [0.15, 0.2) is 9.84 Å². The molecule has 2 saturated heterocycles. The molecular weight excluding hydrogens is 587 g/mol. The zero-order chi connectivity index (χ0) is 28.9. The number of rotatable bonds is 6. The number of halogens is 4. The van der Waals surface area contributed by atoms with E-state index in [9.17, 15) is 26.7 Å². The van der Waals surface area contributed by atoms with Crippen molar-refractivity contribution in [2.75, 3.05) is 42.7 Å². The molecule has 1 spiro atoms. The van der Waals surface area contributed by atoms with E-state index in [1.54, 1.807) is 18.9 Å². The Morgan fingerprint density at radius 2 is 1.88 bits per heavy atom. The molecular formula is C26H33ClF3N5O3S2. The van der Waals surface area contributed by atoms with Gasteiger partial charge in [-0.3, -0.25) is 4.31 Å². The highest BCUT2D eigenvalue weighted by molar-refractivity contribution is 7.96. The van der Waals surface area contributed by atoms with Gasteiger partial charge in [-0.05, 0) is 75.3 Å². The van der Waals surface area contributed by atoms with Gasteiger partial charge in [0.1, 0.15) is 11.4 Å². The molecule has 2 aliphatic heterocycles. The van der Waals surface area contributed by atoms with Crippen molar-refractivity contribution in [1.29, 1.82) is 0 Å². The van der Waals surface area contributed by atoms with E-state index >= 15 is 0 Å². The Bertz CT molecular complexity index is 1360. The van der Waals surface area contributed by atoms with E-state index in [1.807, 2.05) is 0 Å². The number of hydrogen-bond donors (Lipinski definition) is 2. The number of aromatic nitrogens is 2. The second kappa shape index (κ2) is 10.8. The van der Waals surface area contributed by atoms with Crippen LogP contribution in [0.25, 0.3) is 0 Å². The maximum absolute atomic E-state index is 13.8. The number of sulfone groups is 1. The maximum atomic E-state index is 13.8. The standard InChI is InChI=1S/C26H33ClF3N5O3S2/c1-24(36)6-3-9-34(16-24)22-19(26(28,29)30)15-31-23(33-22)32-21-5-4-17(12-20(21)27)40(37,38)18-13-25(14-18)7-10-35(39-2)11-8-25/h4-5,12,15,18,36H,3,6-11,13-14,16H2,1-2H3,(H,31,32,33)/t24-/m0/s1. The summed E-state index contributed by atoms with van der Waals surface area (Å²) in [7, 11) is -3.58. The fraction of sp³-hybridized carbons (Fsp3) is 0.615. The lowest BCUT2D eigenvalue weighted by molar-refractivity contribution is -0.137. The lowest BCUT2D eigenvalue weighted by atomic mass is 9.63. The van der Waals surface area contributed by atoms with Crippen LogP contribution in [0.3, 0.4) is 0 Å². The first-order valence-corrected chi connectivity index (χ1v) is 16.3. The summed E-state index contributed by atoms with van der Waals surface area (Å²) in [6.45, 7) is 3.81. The van der Waals surface area contributed by atoms with Gasteiger partial charge in [0.2, 0.25) is 5.95 Å². The van der Waals surface area contributed by atoms with Crippen molar-refractivity contribution in [2.45, 2.75) is 67.4 Å². The highest BCUT2D eigenvalue weighted by atomic mass is 35.5. The first-order chi connectivity index (χ1) is 18.7. The van der Waals surface area contributed by atoms with E-state index in [4.69, 9.17) is 11.6 Å². The Kier molecular flexibility index (Phi) is 8.01. The maximum Gasteiger partial charge on any atom is 0.421 e. The molecule has 0 amide bonds. The summed E-state index contributed by atoms with van der Waals surface area (Å²) in [5.41, 5.74) is -1.78. The van der Waals surface area contributed by atoms with Crippen LogP contribution in [-0.2, 0) is 16.0 Å². The summed E-state index contributed by atoms with van der Waals surface area (Å²) in [5.74, 6) is -0.453. The molecule has 3 heterocycles. The van der Waals surface area contributed by atoms with Gasteiger partial charge >= 0.3 is 6.18 Å². The van der Waals surface area contributed by atoms with E-state index in [-0.39, 0.29) is 39.3 Å². The van der Waals surface area contributed by atoms with Crippen LogP contribution in [0.15, 0.2) is 29.3 Å². The van der Waals surface area contributed by atoms with Crippen LogP contribution in [-0.4, -0.2) is 71.1 Å². The van der Waals surface area contributed by atoms with Crippen molar-refractivity contribution in [2.24, 2.45) is 5.41 Å². The molecule has 2 aromatic rings. The Balaban J connectivity index is 1.32. The third-order valence-corrected chi connectivity index (χ3v) is 11.7. The van der Waals surface area contributed by atoms with Crippen molar-refractivity contribution >= 4 is 50.8 Å². The molecule has 1 aromatic carbocycles. The van der Waals surface area contributed by atoms with Crippen LogP contribution in [0.2, 0.25) is 5.02 Å². The molecule has 0 unspecified atom stereocenters. The first kappa shape index (κ1) is 29.7. The van der Waals surface area contributed by atoms with Crippen LogP contribution in [0, 0.1) is 5.41 Å². The minimum atomic E-state index is -4.68. The lowest BCUT2D eigenvalue weighted by Crippen LogP contribution is -2.50. The Morgan fingerprint density at radius 3 is 2.48 bits per heavy atom. The highest BCUT2D eigenvalue weighted by Gasteiger charge is 2.51. The van der Waals surface area contributed by atoms with Crippen LogP contribution in [0.5, 0.6) is 0 Å². The summed E-state index contributed by atoms with van der Waals surface area (Å²) in [6.07, 6.45) is 2.33. The van der Waals surface area contributed by atoms with E-state index in [0.29, 0.717) is 38.4 Å².